The molecule has 0 heterocycles. The summed E-state index contributed by atoms with van der Waals surface area (Å²) in [5.41, 5.74) is 6.69. The Morgan fingerprint density at radius 1 is 1.17 bits per heavy atom. The molecule has 0 aliphatic carbocycles. The summed E-state index contributed by atoms with van der Waals surface area (Å²) in [7, 11) is 0. The van der Waals surface area contributed by atoms with Crippen LogP contribution in [0, 0.1) is 5.82 Å². The Kier molecular flexibility index (Phi) is 3.95. The van der Waals surface area contributed by atoms with Crippen molar-refractivity contribution in [2.45, 2.75) is 19.4 Å². The number of rotatable bonds is 4. The average Bonchev–Trinajstić information content (AvgIpc) is 2.33. The first kappa shape index (κ1) is 12.6. The maximum absolute atomic E-state index is 13.3. The molecule has 2 rings (SSSR count). The van der Waals surface area contributed by atoms with Crippen LogP contribution in [0.5, 0.6) is 11.5 Å². The van der Waals surface area contributed by atoms with E-state index in [2.05, 4.69) is 0 Å². The largest absolute Gasteiger partial charge is 0.457 e. The molecule has 1 unspecified atom stereocenters. The Labute approximate surface area is 106 Å². The normalized spacial score (nSPS) is 12.2. The number of halogens is 1. The first-order chi connectivity index (χ1) is 8.65. The van der Waals surface area contributed by atoms with E-state index in [-0.39, 0.29) is 11.9 Å². The molecule has 18 heavy (non-hydrogen) atoms. The highest BCUT2D eigenvalue weighted by atomic mass is 19.1. The van der Waals surface area contributed by atoms with Crippen LogP contribution in [-0.2, 0) is 6.42 Å². The molecule has 1 atom stereocenters. The van der Waals surface area contributed by atoms with Gasteiger partial charge in [-0.2, -0.15) is 0 Å². The molecule has 0 fully saturated rings. The van der Waals surface area contributed by atoms with Crippen molar-refractivity contribution in [1.82, 2.24) is 0 Å². The van der Waals surface area contributed by atoms with Crippen molar-refractivity contribution in [2.24, 2.45) is 5.73 Å². The van der Waals surface area contributed by atoms with Gasteiger partial charge in [0.1, 0.15) is 17.3 Å². The molecule has 0 aromatic heterocycles. The van der Waals surface area contributed by atoms with Gasteiger partial charge in [-0.25, -0.2) is 4.39 Å². The van der Waals surface area contributed by atoms with Crippen molar-refractivity contribution in [3.8, 4) is 11.5 Å². The van der Waals surface area contributed by atoms with Crippen molar-refractivity contribution >= 4 is 0 Å². The maximum atomic E-state index is 13.3. The molecule has 2 N–H and O–H groups in total. The van der Waals surface area contributed by atoms with E-state index in [0.29, 0.717) is 17.9 Å². The highest BCUT2D eigenvalue weighted by molar-refractivity contribution is 5.38. The molecule has 0 amide bonds. The number of hydrogen-bond donors (Lipinski definition) is 1. The van der Waals surface area contributed by atoms with Gasteiger partial charge in [0.2, 0.25) is 0 Å². The molecule has 0 saturated heterocycles. The molecule has 2 nitrogen and oxygen atoms in total. The molecule has 0 aliphatic heterocycles. The van der Waals surface area contributed by atoms with E-state index >= 15 is 0 Å². The smallest absolute Gasteiger partial charge is 0.133 e. The zero-order valence-electron chi connectivity index (χ0n) is 10.3. The van der Waals surface area contributed by atoms with Gasteiger partial charge < -0.3 is 10.5 Å². The third-order valence-electron chi connectivity index (χ3n) is 2.54. The van der Waals surface area contributed by atoms with Crippen LogP contribution < -0.4 is 10.5 Å². The molecular weight excluding hydrogens is 229 g/mol. The van der Waals surface area contributed by atoms with Crippen LogP contribution in [0.25, 0.3) is 0 Å². The van der Waals surface area contributed by atoms with Crippen molar-refractivity contribution in [2.75, 3.05) is 0 Å². The van der Waals surface area contributed by atoms with Crippen LogP contribution >= 0.6 is 0 Å². The van der Waals surface area contributed by atoms with Crippen molar-refractivity contribution in [3.05, 3.63) is 59.9 Å². The number of para-hydroxylation sites is 1. The Bertz CT molecular complexity index is 511. The molecule has 3 heteroatoms. The van der Waals surface area contributed by atoms with Gasteiger partial charge in [0.05, 0.1) is 0 Å². The van der Waals surface area contributed by atoms with Crippen LogP contribution in [0.15, 0.2) is 48.5 Å². The fourth-order valence-electron chi connectivity index (χ4n) is 1.75. The molecule has 0 saturated carbocycles. The topological polar surface area (TPSA) is 35.2 Å². The van der Waals surface area contributed by atoms with Crippen LogP contribution in [0.4, 0.5) is 4.39 Å². The number of nitrogens with two attached hydrogens (primary N) is 1. The second-order valence-corrected chi connectivity index (χ2v) is 4.35. The highest BCUT2D eigenvalue weighted by Gasteiger charge is 2.08. The molecular formula is C15H16FNO. The van der Waals surface area contributed by atoms with Crippen LogP contribution in [-0.4, -0.2) is 6.04 Å². The Morgan fingerprint density at radius 3 is 2.56 bits per heavy atom. The van der Waals surface area contributed by atoms with Crippen molar-refractivity contribution in [3.63, 3.8) is 0 Å². The fraction of sp³-hybridized carbons (Fsp3) is 0.200. The van der Waals surface area contributed by atoms with Gasteiger partial charge in [-0.15, -0.1) is 0 Å². The monoisotopic (exact) mass is 245 g/mol. The average molecular weight is 245 g/mol. The lowest BCUT2D eigenvalue weighted by molar-refractivity contribution is 0.468. The summed E-state index contributed by atoms with van der Waals surface area (Å²) >= 11 is 0. The first-order valence-corrected chi connectivity index (χ1v) is 5.92. The van der Waals surface area contributed by atoms with E-state index in [0.717, 1.165) is 5.56 Å². The van der Waals surface area contributed by atoms with Crippen LogP contribution in [0.3, 0.4) is 0 Å². The van der Waals surface area contributed by atoms with Crippen molar-refractivity contribution < 1.29 is 9.13 Å². The summed E-state index contributed by atoms with van der Waals surface area (Å²) in [6.45, 7) is 1.91. The molecule has 2 aromatic rings. The van der Waals surface area contributed by atoms with Gasteiger partial charge in [-0.3, -0.25) is 0 Å². The number of ether oxygens (including phenoxy) is 1. The Balaban J connectivity index is 2.27. The lowest BCUT2D eigenvalue weighted by atomic mass is 10.1. The molecule has 2 aromatic carbocycles. The van der Waals surface area contributed by atoms with E-state index < -0.39 is 0 Å². The zero-order chi connectivity index (χ0) is 13.0. The molecule has 94 valence electrons. The minimum Gasteiger partial charge on any atom is -0.457 e. The third-order valence-corrected chi connectivity index (χ3v) is 2.54. The summed E-state index contributed by atoms with van der Waals surface area (Å²) in [6, 6.07) is 13.9. The second-order valence-electron chi connectivity index (χ2n) is 4.35. The van der Waals surface area contributed by atoms with Crippen LogP contribution in [0.1, 0.15) is 12.5 Å². The molecule has 0 bridgehead atoms. The second kappa shape index (κ2) is 5.65. The number of benzene rings is 2. The zero-order valence-corrected chi connectivity index (χ0v) is 10.3. The summed E-state index contributed by atoms with van der Waals surface area (Å²) in [4.78, 5) is 0. The lowest BCUT2D eigenvalue weighted by Gasteiger charge is -2.13. The molecule has 0 spiro atoms. The maximum Gasteiger partial charge on any atom is 0.133 e. The van der Waals surface area contributed by atoms with E-state index in [1.807, 2.05) is 37.3 Å². The minimum absolute atomic E-state index is 0.00795. The van der Waals surface area contributed by atoms with E-state index in [9.17, 15) is 4.39 Å². The highest BCUT2D eigenvalue weighted by Crippen LogP contribution is 2.26. The van der Waals surface area contributed by atoms with E-state index in [4.69, 9.17) is 10.5 Å². The van der Waals surface area contributed by atoms with Crippen molar-refractivity contribution in [1.29, 1.82) is 0 Å². The summed E-state index contributed by atoms with van der Waals surface area (Å²) in [6.07, 6.45) is 0.655. The van der Waals surface area contributed by atoms with Gasteiger partial charge in [-0.1, -0.05) is 24.3 Å². The molecule has 0 radical (unpaired) electrons. The predicted molar refractivity (Wildman–Crippen MR) is 70.3 cm³/mol. The minimum atomic E-state index is -0.311. The summed E-state index contributed by atoms with van der Waals surface area (Å²) in [5.74, 6) is 0.905. The predicted octanol–water partition coefficient (Wildman–Crippen LogP) is 3.51. The van der Waals surface area contributed by atoms with Gasteiger partial charge in [0, 0.05) is 12.1 Å². The van der Waals surface area contributed by atoms with E-state index in [1.165, 1.54) is 12.1 Å². The van der Waals surface area contributed by atoms with Gasteiger partial charge >= 0.3 is 0 Å². The fourth-order valence-corrected chi connectivity index (χ4v) is 1.75. The number of hydrogen-bond acceptors (Lipinski definition) is 2. The molecule has 0 aliphatic rings. The lowest BCUT2D eigenvalue weighted by Crippen LogP contribution is -2.18. The Hall–Kier alpha value is -1.87. The SMILES string of the molecule is CC(N)Cc1ccc(F)cc1Oc1ccccc1. The standard InChI is InChI=1S/C15H16FNO/c1-11(17)9-12-7-8-13(16)10-15(12)18-14-5-3-2-4-6-14/h2-8,10-11H,9,17H2,1H3. The summed E-state index contributed by atoms with van der Waals surface area (Å²) in [5, 5.41) is 0. The third kappa shape index (κ3) is 3.31. The Morgan fingerprint density at radius 2 is 1.89 bits per heavy atom. The van der Waals surface area contributed by atoms with Gasteiger partial charge in [-0.05, 0) is 37.1 Å². The van der Waals surface area contributed by atoms with Gasteiger partial charge in [0.25, 0.3) is 0 Å². The quantitative estimate of drug-likeness (QED) is 0.894. The van der Waals surface area contributed by atoms with Gasteiger partial charge in [0.15, 0.2) is 0 Å². The summed E-state index contributed by atoms with van der Waals surface area (Å²) < 4.78 is 19.0. The first-order valence-electron chi connectivity index (χ1n) is 5.92. The van der Waals surface area contributed by atoms with E-state index in [1.54, 1.807) is 6.07 Å². The van der Waals surface area contributed by atoms with Crippen LogP contribution in [0.2, 0.25) is 0 Å².